The van der Waals surface area contributed by atoms with E-state index in [2.05, 4.69) is 10.3 Å². The normalized spacial score (nSPS) is 14.3. The number of alkyl halides is 1. The second-order valence-corrected chi connectivity index (χ2v) is 4.24. The van der Waals surface area contributed by atoms with E-state index in [0.717, 1.165) is 12.0 Å². The number of nitrogens with one attached hydrogen (secondary N) is 1. The van der Waals surface area contributed by atoms with Crippen molar-refractivity contribution in [3.05, 3.63) is 30.1 Å². The fourth-order valence-electron chi connectivity index (χ4n) is 1.28. The van der Waals surface area contributed by atoms with Crippen LogP contribution in [0.4, 0.5) is 0 Å². The third-order valence-electron chi connectivity index (χ3n) is 2.04. The lowest BCUT2D eigenvalue weighted by atomic mass is 10.1. The summed E-state index contributed by atoms with van der Waals surface area (Å²) in [5.41, 5.74) is 1.15. The Morgan fingerprint density at radius 3 is 2.60 bits per heavy atom. The van der Waals surface area contributed by atoms with Gasteiger partial charge in [0.15, 0.2) is 0 Å². The van der Waals surface area contributed by atoms with Crippen LogP contribution in [0.1, 0.15) is 19.4 Å². The second kappa shape index (κ2) is 5.71. The number of nitrogens with zero attached hydrogens (tertiary/aromatic N) is 1. The van der Waals surface area contributed by atoms with Gasteiger partial charge in [-0.05, 0) is 38.0 Å². The van der Waals surface area contributed by atoms with E-state index in [9.17, 15) is 4.79 Å². The topological polar surface area (TPSA) is 42.0 Å². The number of aromatic nitrogens is 1. The molecule has 1 N–H and O–H groups in total. The van der Waals surface area contributed by atoms with Crippen molar-refractivity contribution in [2.75, 3.05) is 0 Å². The highest BCUT2D eigenvalue weighted by Gasteiger charge is 2.12. The molecule has 1 rings (SSSR count). The predicted octanol–water partition coefficient (Wildman–Crippen LogP) is 1.76. The minimum Gasteiger partial charge on any atom is -0.352 e. The van der Waals surface area contributed by atoms with Gasteiger partial charge in [0, 0.05) is 18.4 Å². The molecule has 0 aliphatic carbocycles. The number of halogens is 1. The van der Waals surface area contributed by atoms with Crippen molar-refractivity contribution < 1.29 is 4.79 Å². The zero-order chi connectivity index (χ0) is 11.3. The van der Waals surface area contributed by atoms with E-state index < -0.39 is 5.38 Å². The molecule has 0 aliphatic rings. The van der Waals surface area contributed by atoms with Gasteiger partial charge in [0.2, 0.25) is 5.91 Å². The molecule has 1 heterocycles. The summed E-state index contributed by atoms with van der Waals surface area (Å²) in [5, 5.41) is 2.35. The van der Waals surface area contributed by atoms with E-state index >= 15 is 0 Å². The zero-order valence-electron chi connectivity index (χ0n) is 8.90. The Bertz CT molecular complexity index is 314. The average molecular weight is 227 g/mol. The highest BCUT2D eigenvalue weighted by atomic mass is 35.5. The van der Waals surface area contributed by atoms with Crippen molar-refractivity contribution in [1.29, 1.82) is 0 Å². The molecule has 2 atom stereocenters. The average Bonchev–Trinajstić information content (AvgIpc) is 2.18. The van der Waals surface area contributed by atoms with Crippen molar-refractivity contribution >= 4 is 17.5 Å². The molecule has 1 amide bonds. The summed E-state index contributed by atoms with van der Waals surface area (Å²) in [6, 6.07) is 3.96. The van der Waals surface area contributed by atoms with Gasteiger partial charge in [-0.15, -0.1) is 11.6 Å². The Hall–Kier alpha value is -1.09. The molecule has 2 unspecified atom stereocenters. The Kier molecular flexibility index (Phi) is 4.56. The maximum Gasteiger partial charge on any atom is 0.237 e. The van der Waals surface area contributed by atoms with Crippen LogP contribution in [0, 0.1) is 0 Å². The van der Waals surface area contributed by atoms with Gasteiger partial charge >= 0.3 is 0 Å². The SMILES string of the molecule is CC(Cc1ccncc1)NC(=O)C(C)Cl. The van der Waals surface area contributed by atoms with Gasteiger partial charge in [0.05, 0.1) is 0 Å². The summed E-state index contributed by atoms with van der Waals surface area (Å²) in [5.74, 6) is -0.127. The van der Waals surface area contributed by atoms with Crippen LogP contribution in [0.15, 0.2) is 24.5 Å². The van der Waals surface area contributed by atoms with Crippen molar-refractivity contribution in [3.8, 4) is 0 Å². The van der Waals surface area contributed by atoms with Crippen LogP contribution in [0.3, 0.4) is 0 Å². The van der Waals surface area contributed by atoms with Crippen LogP contribution in [0.2, 0.25) is 0 Å². The summed E-state index contributed by atoms with van der Waals surface area (Å²) in [6.07, 6.45) is 4.28. The van der Waals surface area contributed by atoms with Gasteiger partial charge in [-0.1, -0.05) is 0 Å². The Morgan fingerprint density at radius 1 is 1.47 bits per heavy atom. The van der Waals surface area contributed by atoms with Gasteiger partial charge < -0.3 is 5.32 Å². The standard InChI is InChI=1S/C11H15ClN2O/c1-8(14-11(15)9(2)12)7-10-3-5-13-6-4-10/h3-6,8-9H,7H2,1-2H3,(H,14,15). The first-order valence-electron chi connectivity index (χ1n) is 4.93. The molecule has 0 aliphatic heterocycles. The maximum absolute atomic E-state index is 11.3. The van der Waals surface area contributed by atoms with Crippen LogP contribution in [0.25, 0.3) is 0 Å². The molecule has 3 nitrogen and oxygen atoms in total. The summed E-state index contributed by atoms with van der Waals surface area (Å²) < 4.78 is 0. The van der Waals surface area contributed by atoms with Crippen LogP contribution in [-0.4, -0.2) is 22.3 Å². The smallest absolute Gasteiger partial charge is 0.237 e. The van der Waals surface area contributed by atoms with Crippen molar-refractivity contribution in [2.24, 2.45) is 0 Å². The fourth-order valence-corrected chi connectivity index (χ4v) is 1.34. The molecular weight excluding hydrogens is 212 g/mol. The quantitative estimate of drug-likeness (QED) is 0.795. The lowest BCUT2D eigenvalue weighted by Gasteiger charge is -2.14. The summed E-state index contributed by atoms with van der Waals surface area (Å²) in [7, 11) is 0. The number of hydrogen-bond donors (Lipinski definition) is 1. The number of carbonyl (C=O) groups excluding carboxylic acids is 1. The third-order valence-corrected chi connectivity index (χ3v) is 2.24. The molecule has 0 fully saturated rings. The maximum atomic E-state index is 11.3. The summed E-state index contributed by atoms with van der Waals surface area (Å²) in [6.45, 7) is 3.62. The predicted molar refractivity (Wildman–Crippen MR) is 60.9 cm³/mol. The van der Waals surface area contributed by atoms with Crippen LogP contribution >= 0.6 is 11.6 Å². The lowest BCUT2D eigenvalue weighted by Crippen LogP contribution is -2.38. The number of hydrogen-bond acceptors (Lipinski definition) is 2. The molecule has 0 bridgehead atoms. The van der Waals surface area contributed by atoms with Crippen molar-refractivity contribution in [3.63, 3.8) is 0 Å². The minimum absolute atomic E-state index is 0.0844. The van der Waals surface area contributed by atoms with Gasteiger partial charge in [-0.2, -0.15) is 0 Å². The van der Waals surface area contributed by atoms with E-state index in [4.69, 9.17) is 11.6 Å². The Labute approximate surface area is 94.9 Å². The first-order chi connectivity index (χ1) is 7.09. The lowest BCUT2D eigenvalue weighted by molar-refractivity contribution is -0.121. The third kappa shape index (κ3) is 4.30. The number of carbonyl (C=O) groups is 1. The molecule has 0 saturated heterocycles. The molecular formula is C11H15ClN2O. The van der Waals surface area contributed by atoms with E-state index in [0.29, 0.717) is 0 Å². The van der Waals surface area contributed by atoms with Crippen molar-refractivity contribution in [2.45, 2.75) is 31.7 Å². The van der Waals surface area contributed by atoms with E-state index in [1.54, 1.807) is 19.3 Å². The molecule has 1 aromatic rings. The van der Waals surface area contributed by atoms with E-state index in [1.807, 2.05) is 19.1 Å². The Morgan fingerprint density at radius 2 is 2.07 bits per heavy atom. The second-order valence-electron chi connectivity index (χ2n) is 3.59. The van der Waals surface area contributed by atoms with E-state index in [-0.39, 0.29) is 11.9 Å². The number of rotatable bonds is 4. The number of pyridine rings is 1. The molecule has 15 heavy (non-hydrogen) atoms. The summed E-state index contributed by atoms with van der Waals surface area (Å²) >= 11 is 5.65. The molecule has 1 aromatic heterocycles. The first-order valence-corrected chi connectivity index (χ1v) is 5.36. The highest BCUT2D eigenvalue weighted by Crippen LogP contribution is 2.02. The van der Waals surface area contributed by atoms with Crippen LogP contribution < -0.4 is 5.32 Å². The van der Waals surface area contributed by atoms with Gasteiger partial charge in [0.25, 0.3) is 0 Å². The molecule has 0 saturated carbocycles. The Balaban J connectivity index is 2.43. The molecule has 0 spiro atoms. The highest BCUT2D eigenvalue weighted by molar-refractivity contribution is 6.30. The van der Waals surface area contributed by atoms with Crippen LogP contribution in [-0.2, 0) is 11.2 Å². The van der Waals surface area contributed by atoms with Gasteiger partial charge in [-0.25, -0.2) is 0 Å². The monoisotopic (exact) mass is 226 g/mol. The zero-order valence-corrected chi connectivity index (χ0v) is 9.66. The van der Waals surface area contributed by atoms with Gasteiger partial charge in [0.1, 0.15) is 5.38 Å². The minimum atomic E-state index is -0.482. The first kappa shape index (κ1) is 12.0. The number of amides is 1. The fraction of sp³-hybridized carbons (Fsp3) is 0.455. The van der Waals surface area contributed by atoms with Crippen molar-refractivity contribution in [1.82, 2.24) is 10.3 Å². The van der Waals surface area contributed by atoms with Gasteiger partial charge in [-0.3, -0.25) is 9.78 Å². The summed E-state index contributed by atoms with van der Waals surface area (Å²) in [4.78, 5) is 15.2. The molecule has 0 radical (unpaired) electrons. The molecule has 4 heteroatoms. The van der Waals surface area contributed by atoms with Crippen LogP contribution in [0.5, 0.6) is 0 Å². The largest absolute Gasteiger partial charge is 0.352 e. The molecule has 0 aromatic carbocycles. The molecule has 82 valence electrons. The van der Waals surface area contributed by atoms with E-state index in [1.165, 1.54) is 0 Å².